The first-order valence-corrected chi connectivity index (χ1v) is 6.16. The second-order valence-corrected chi connectivity index (χ2v) is 5.84. The zero-order valence-corrected chi connectivity index (χ0v) is 11.3. The molecule has 0 radical (unpaired) electrons. The monoisotopic (exact) mass is 282 g/mol. The third-order valence-electron chi connectivity index (χ3n) is 2.63. The van der Waals surface area contributed by atoms with E-state index in [0.717, 1.165) is 22.2 Å². The zero-order chi connectivity index (χ0) is 11.9. The number of halogens is 1. The third-order valence-corrected chi connectivity index (χ3v) is 3.22. The highest BCUT2D eigenvalue weighted by atomic mass is 79.9. The second-order valence-electron chi connectivity index (χ2n) is 4.98. The summed E-state index contributed by atoms with van der Waals surface area (Å²) in [6, 6.07) is 4.05. The molecular formula is C13H15BrO2. The van der Waals surface area contributed by atoms with Crippen LogP contribution in [0.3, 0.4) is 0 Å². The molecule has 3 heteroatoms. The maximum Gasteiger partial charge on any atom is 0.137 e. The number of fused-ring (bicyclic) bond motifs is 1. The topological polar surface area (TPSA) is 26.3 Å². The van der Waals surface area contributed by atoms with Crippen LogP contribution in [0.5, 0.6) is 5.75 Å². The summed E-state index contributed by atoms with van der Waals surface area (Å²) in [5.74, 6) is 1.11. The molecule has 0 spiro atoms. The van der Waals surface area contributed by atoms with E-state index in [2.05, 4.69) is 35.8 Å². The highest BCUT2D eigenvalue weighted by Gasteiger charge is 2.31. The molecule has 0 fully saturated rings. The quantitative estimate of drug-likeness (QED) is 0.832. The molecule has 1 heterocycles. The van der Waals surface area contributed by atoms with Gasteiger partial charge in [0.1, 0.15) is 17.1 Å². The first-order chi connectivity index (χ1) is 7.37. The summed E-state index contributed by atoms with van der Waals surface area (Å²) < 4.78 is 6.80. The Morgan fingerprint density at radius 2 is 2.19 bits per heavy atom. The van der Waals surface area contributed by atoms with Crippen LogP contribution in [0.2, 0.25) is 0 Å². The first-order valence-electron chi connectivity index (χ1n) is 5.37. The highest BCUT2D eigenvalue weighted by molar-refractivity contribution is 9.10. The van der Waals surface area contributed by atoms with E-state index in [1.54, 1.807) is 6.92 Å². The Kier molecular flexibility index (Phi) is 2.82. The maximum absolute atomic E-state index is 11.1. The summed E-state index contributed by atoms with van der Waals surface area (Å²) in [5, 5.41) is 0. The minimum atomic E-state index is -0.139. The predicted octanol–water partition coefficient (Wildman–Crippen LogP) is 3.29. The summed E-state index contributed by atoms with van der Waals surface area (Å²) in [4.78, 5) is 11.1. The first kappa shape index (κ1) is 11.6. The molecule has 0 saturated carbocycles. The lowest BCUT2D eigenvalue weighted by molar-refractivity contribution is -0.116. The Hall–Kier alpha value is -0.830. The van der Waals surface area contributed by atoms with E-state index >= 15 is 0 Å². The van der Waals surface area contributed by atoms with Crippen molar-refractivity contribution >= 4 is 21.7 Å². The van der Waals surface area contributed by atoms with Gasteiger partial charge in [-0.1, -0.05) is 6.07 Å². The van der Waals surface area contributed by atoms with Crippen LogP contribution < -0.4 is 4.74 Å². The summed E-state index contributed by atoms with van der Waals surface area (Å²) in [6.07, 6.45) is 1.39. The number of ether oxygens (including phenoxy) is 1. The van der Waals surface area contributed by atoms with Crippen LogP contribution in [0.25, 0.3) is 0 Å². The van der Waals surface area contributed by atoms with Gasteiger partial charge < -0.3 is 4.74 Å². The van der Waals surface area contributed by atoms with Crippen molar-refractivity contribution in [3.63, 3.8) is 0 Å². The molecule has 2 rings (SSSR count). The van der Waals surface area contributed by atoms with Gasteiger partial charge >= 0.3 is 0 Å². The molecule has 86 valence electrons. The van der Waals surface area contributed by atoms with Gasteiger partial charge in [0.15, 0.2) is 0 Å². The van der Waals surface area contributed by atoms with Crippen molar-refractivity contribution in [1.82, 2.24) is 0 Å². The van der Waals surface area contributed by atoms with Gasteiger partial charge in [-0.3, -0.25) is 4.79 Å². The number of Topliss-reactive ketones (excluding diaryl/α,β-unsaturated/α-hetero) is 1. The summed E-state index contributed by atoms with van der Waals surface area (Å²) in [7, 11) is 0. The Bertz CT molecular complexity index is 449. The van der Waals surface area contributed by atoms with Gasteiger partial charge in [-0.05, 0) is 53.9 Å². The largest absolute Gasteiger partial charge is 0.486 e. The van der Waals surface area contributed by atoms with Crippen molar-refractivity contribution in [3.05, 3.63) is 27.7 Å². The molecule has 0 aromatic heterocycles. The van der Waals surface area contributed by atoms with Crippen LogP contribution in [0.4, 0.5) is 0 Å². The number of hydrogen-bond acceptors (Lipinski definition) is 2. The summed E-state index contributed by atoms with van der Waals surface area (Å²) in [5.41, 5.74) is 2.11. The molecule has 0 N–H and O–H groups in total. The van der Waals surface area contributed by atoms with Crippen molar-refractivity contribution in [2.24, 2.45) is 0 Å². The van der Waals surface area contributed by atoms with Crippen LogP contribution in [0.15, 0.2) is 16.6 Å². The van der Waals surface area contributed by atoms with E-state index in [9.17, 15) is 4.79 Å². The molecule has 0 bridgehead atoms. The Morgan fingerprint density at radius 1 is 1.50 bits per heavy atom. The van der Waals surface area contributed by atoms with Crippen molar-refractivity contribution in [1.29, 1.82) is 0 Å². The molecule has 1 aliphatic rings. The van der Waals surface area contributed by atoms with Crippen LogP contribution in [-0.2, 0) is 17.6 Å². The van der Waals surface area contributed by atoms with Gasteiger partial charge in [-0.25, -0.2) is 0 Å². The average Bonchev–Trinajstić information content (AvgIpc) is 2.38. The average molecular weight is 283 g/mol. The number of carbonyl (C=O) groups is 1. The fourth-order valence-corrected chi connectivity index (χ4v) is 2.75. The maximum atomic E-state index is 11.1. The third kappa shape index (κ3) is 2.29. The van der Waals surface area contributed by atoms with Crippen molar-refractivity contribution < 1.29 is 9.53 Å². The van der Waals surface area contributed by atoms with E-state index < -0.39 is 0 Å². The Morgan fingerprint density at radius 3 is 2.81 bits per heavy atom. The second kappa shape index (κ2) is 3.88. The van der Waals surface area contributed by atoms with E-state index in [1.807, 2.05) is 6.07 Å². The Labute approximate surface area is 104 Å². The molecule has 0 atom stereocenters. The molecular weight excluding hydrogens is 268 g/mol. The molecule has 1 aromatic rings. The number of benzene rings is 1. The summed E-state index contributed by atoms with van der Waals surface area (Å²) in [6.45, 7) is 5.76. The van der Waals surface area contributed by atoms with E-state index in [-0.39, 0.29) is 11.4 Å². The van der Waals surface area contributed by atoms with Crippen LogP contribution in [-0.4, -0.2) is 11.4 Å². The summed E-state index contributed by atoms with van der Waals surface area (Å²) >= 11 is 3.50. The fourth-order valence-electron chi connectivity index (χ4n) is 2.12. The van der Waals surface area contributed by atoms with Crippen molar-refractivity contribution in [3.8, 4) is 5.75 Å². The van der Waals surface area contributed by atoms with Gasteiger partial charge in [-0.15, -0.1) is 0 Å². The Balaban J connectivity index is 2.38. The highest BCUT2D eigenvalue weighted by Crippen LogP contribution is 2.41. The molecule has 0 unspecified atom stereocenters. The lowest BCUT2D eigenvalue weighted by Gasteiger charge is -2.17. The minimum Gasteiger partial charge on any atom is -0.486 e. The fraction of sp³-hybridized carbons (Fsp3) is 0.462. The normalized spacial score (nSPS) is 16.8. The molecule has 1 aromatic carbocycles. The predicted molar refractivity (Wildman–Crippen MR) is 66.9 cm³/mol. The zero-order valence-electron chi connectivity index (χ0n) is 9.76. The number of ketones is 1. The van der Waals surface area contributed by atoms with Gasteiger partial charge in [0.05, 0.1) is 4.47 Å². The van der Waals surface area contributed by atoms with Crippen LogP contribution in [0.1, 0.15) is 31.9 Å². The molecule has 0 amide bonds. The van der Waals surface area contributed by atoms with Crippen molar-refractivity contribution in [2.75, 3.05) is 0 Å². The van der Waals surface area contributed by atoms with Gasteiger partial charge in [-0.2, -0.15) is 0 Å². The van der Waals surface area contributed by atoms with Gasteiger partial charge in [0.25, 0.3) is 0 Å². The van der Waals surface area contributed by atoms with E-state index in [4.69, 9.17) is 4.74 Å². The minimum absolute atomic E-state index is 0.139. The van der Waals surface area contributed by atoms with Crippen LogP contribution >= 0.6 is 15.9 Å². The smallest absolute Gasteiger partial charge is 0.137 e. The molecule has 0 aliphatic carbocycles. The SMILES string of the molecule is CC(=O)Cc1cc(Br)c2c(c1)CC(C)(C)O2. The lowest BCUT2D eigenvalue weighted by Crippen LogP contribution is -2.24. The standard InChI is InChI=1S/C13H15BrO2/c1-8(15)4-9-5-10-7-13(2,3)16-12(10)11(14)6-9/h5-6H,4,7H2,1-3H3. The van der Waals surface area contributed by atoms with Crippen LogP contribution in [0, 0.1) is 0 Å². The van der Waals surface area contributed by atoms with E-state index in [0.29, 0.717) is 6.42 Å². The van der Waals surface area contributed by atoms with Crippen molar-refractivity contribution in [2.45, 2.75) is 39.2 Å². The molecule has 2 nitrogen and oxygen atoms in total. The number of rotatable bonds is 2. The molecule has 16 heavy (non-hydrogen) atoms. The molecule has 0 saturated heterocycles. The van der Waals surface area contributed by atoms with Gasteiger partial charge in [0.2, 0.25) is 0 Å². The van der Waals surface area contributed by atoms with Gasteiger partial charge in [0, 0.05) is 12.8 Å². The molecule has 1 aliphatic heterocycles. The van der Waals surface area contributed by atoms with E-state index in [1.165, 1.54) is 5.56 Å². The number of carbonyl (C=O) groups excluding carboxylic acids is 1. The lowest BCUT2D eigenvalue weighted by atomic mass is 9.99. The number of hydrogen-bond donors (Lipinski definition) is 0.